The Balaban J connectivity index is 2.05. The van der Waals surface area contributed by atoms with Gasteiger partial charge in [-0.3, -0.25) is 4.21 Å². The molecular weight excluding hydrogens is 190 g/mol. The molecule has 2 nitrogen and oxygen atoms in total. The van der Waals surface area contributed by atoms with Gasteiger partial charge in [0, 0.05) is 35.4 Å². The van der Waals surface area contributed by atoms with Crippen LogP contribution in [-0.4, -0.2) is 52.3 Å². The Morgan fingerprint density at radius 3 is 2.67 bits per heavy atom. The lowest BCUT2D eigenvalue weighted by Gasteiger charge is -2.25. The van der Waals surface area contributed by atoms with E-state index in [9.17, 15) is 4.21 Å². The Morgan fingerprint density at radius 1 is 1.42 bits per heavy atom. The number of hydrogen-bond acceptors (Lipinski definition) is 3. The average molecular weight is 207 g/mol. The highest BCUT2D eigenvalue weighted by Gasteiger charge is 2.13. The molecule has 1 heterocycles. The minimum atomic E-state index is -0.515. The first-order chi connectivity index (χ1) is 5.83. The van der Waals surface area contributed by atoms with E-state index in [1.807, 2.05) is 11.8 Å². The van der Waals surface area contributed by atoms with Crippen LogP contribution in [-0.2, 0) is 10.8 Å². The molecule has 0 aromatic heterocycles. The van der Waals surface area contributed by atoms with Crippen LogP contribution in [0, 0.1) is 0 Å². The maximum Gasteiger partial charge on any atom is 0.0363 e. The maximum atomic E-state index is 11.0. The van der Waals surface area contributed by atoms with Crippen molar-refractivity contribution in [2.45, 2.75) is 6.42 Å². The fourth-order valence-electron chi connectivity index (χ4n) is 1.33. The Kier molecular flexibility index (Phi) is 5.27. The van der Waals surface area contributed by atoms with Crippen LogP contribution in [0.2, 0.25) is 0 Å². The number of nitrogens with zero attached hydrogens (tertiary/aromatic N) is 1. The van der Waals surface area contributed by atoms with Crippen molar-refractivity contribution in [1.29, 1.82) is 0 Å². The Hall–Kier alpha value is 0.460. The fourth-order valence-corrected chi connectivity index (χ4v) is 2.88. The second kappa shape index (κ2) is 6.00. The van der Waals surface area contributed by atoms with Crippen molar-refractivity contribution in [2.75, 3.05) is 43.1 Å². The van der Waals surface area contributed by atoms with Crippen LogP contribution in [0.15, 0.2) is 0 Å². The van der Waals surface area contributed by atoms with Gasteiger partial charge in [0.2, 0.25) is 0 Å². The molecule has 0 N–H and O–H groups in total. The molecule has 0 unspecified atom stereocenters. The summed E-state index contributed by atoms with van der Waals surface area (Å²) in [7, 11) is -0.515. The zero-order valence-electron chi connectivity index (χ0n) is 7.62. The van der Waals surface area contributed by atoms with Crippen LogP contribution in [0.4, 0.5) is 0 Å². The van der Waals surface area contributed by atoms with Gasteiger partial charge in [-0.15, -0.1) is 0 Å². The summed E-state index contributed by atoms with van der Waals surface area (Å²) >= 11 is 1.90. The fraction of sp³-hybridized carbons (Fsp3) is 1.00. The van der Waals surface area contributed by atoms with Gasteiger partial charge in [-0.25, -0.2) is 0 Å². The van der Waals surface area contributed by atoms with E-state index in [2.05, 4.69) is 11.2 Å². The summed E-state index contributed by atoms with van der Waals surface area (Å²) in [6.45, 7) is 3.28. The molecule has 4 heteroatoms. The van der Waals surface area contributed by atoms with Crippen molar-refractivity contribution in [3.8, 4) is 0 Å². The molecule has 1 aliphatic rings. The summed E-state index contributed by atoms with van der Waals surface area (Å²) < 4.78 is 11.0. The van der Waals surface area contributed by atoms with E-state index in [1.165, 1.54) is 18.7 Å². The van der Waals surface area contributed by atoms with Gasteiger partial charge in [0.15, 0.2) is 0 Å². The second-order valence-corrected chi connectivity index (χ2v) is 5.72. The van der Waals surface area contributed by atoms with Crippen molar-refractivity contribution in [1.82, 2.24) is 4.90 Å². The van der Waals surface area contributed by atoms with Gasteiger partial charge in [0.1, 0.15) is 0 Å². The molecule has 0 bridgehead atoms. The van der Waals surface area contributed by atoms with E-state index in [1.54, 1.807) is 0 Å². The van der Waals surface area contributed by atoms with Crippen molar-refractivity contribution >= 4 is 22.6 Å². The molecule has 0 aromatic rings. The highest BCUT2D eigenvalue weighted by Crippen LogP contribution is 2.03. The standard InChI is InChI=1S/C8H17NOS2/c1-11-6-2-3-9-4-7-12(10)8-5-9/h2-8H2,1H3. The summed E-state index contributed by atoms with van der Waals surface area (Å²) in [5, 5.41) is 0. The lowest BCUT2D eigenvalue weighted by molar-refractivity contribution is 0.301. The third kappa shape index (κ3) is 3.92. The third-order valence-electron chi connectivity index (χ3n) is 2.09. The van der Waals surface area contributed by atoms with Crippen LogP contribution in [0.25, 0.3) is 0 Å². The zero-order chi connectivity index (χ0) is 8.81. The molecule has 1 fully saturated rings. The minimum absolute atomic E-state index is 0.515. The first kappa shape index (κ1) is 10.5. The first-order valence-electron chi connectivity index (χ1n) is 4.39. The van der Waals surface area contributed by atoms with Gasteiger partial charge in [-0.1, -0.05) is 0 Å². The predicted molar refractivity (Wildman–Crippen MR) is 57.3 cm³/mol. The smallest absolute Gasteiger partial charge is 0.0363 e. The molecule has 1 rings (SSSR count). The largest absolute Gasteiger partial charge is 0.301 e. The summed E-state index contributed by atoms with van der Waals surface area (Å²) in [4.78, 5) is 2.43. The molecule has 0 spiro atoms. The number of rotatable bonds is 4. The molecule has 0 aromatic carbocycles. The van der Waals surface area contributed by atoms with Gasteiger partial charge in [-0.2, -0.15) is 11.8 Å². The second-order valence-electron chi connectivity index (χ2n) is 3.04. The molecular formula is C8H17NOS2. The van der Waals surface area contributed by atoms with E-state index in [-0.39, 0.29) is 0 Å². The average Bonchev–Trinajstić information content (AvgIpc) is 2.09. The van der Waals surface area contributed by atoms with Gasteiger partial charge >= 0.3 is 0 Å². The molecule has 1 saturated heterocycles. The SMILES string of the molecule is CSCCCN1CCS(=O)CC1. The van der Waals surface area contributed by atoms with Gasteiger partial charge in [-0.05, 0) is 25.0 Å². The van der Waals surface area contributed by atoms with Crippen LogP contribution in [0.1, 0.15) is 6.42 Å². The lowest BCUT2D eigenvalue weighted by atomic mass is 10.4. The molecule has 72 valence electrons. The minimum Gasteiger partial charge on any atom is -0.301 e. The number of hydrogen-bond donors (Lipinski definition) is 0. The molecule has 1 aliphatic heterocycles. The van der Waals surface area contributed by atoms with Crippen LogP contribution in [0.5, 0.6) is 0 Å². The van der Waals surface area contributed by atoms with Crippen LogP contribution in [0.3, 0.4) is 0 Å². The van der Waals surface area contributed by atoms with Crippen molar-refractivity contribution in [3.05, 3.63) is 0 Å². The Labute approximate surface area is 81.5 Å². The quantitative estimate of drug-likeness (QED) is 0.636. The summed E-state index contributed by atoms with van der Waals surface area (Å²) in [5.41, 5.74) is 0. The topological polar surface area (TPSA) is 20.3 Å². The van der Waals surface area contributed by atoms with Crippen molar-refractivity contribution in [3.63, 3.8) is 0 Å². The van der Waals surface area contributed by atoms with Crippen LogP contribution >= 0.6 is 11.8 Å². The van der Waals surface area contributed by atoms with E-state index in [0.29, 0.717) is 0 Å². The van der Waals surface area contributed by atoms with Crippen molar-refractivity contribution in [2.24, 2.45) is 0 Å². The molecule has 0 atom stereocenters. The summed E-state index contributed by atoms with van der Waals surface area (Å²) in [5.74, 6) is 3.03. The summed E-state index contributed by atoms with van der Waals surface area (Å²) in [6, 6.07) is 0. The molecule has 12 heavy (non-hydrogen) atoms. The lowest BCUT2D eigenvalue weighted by Crippen LogP contribution is -2.38. The third-order valence-corrected chi connectivity index (χ3v) is 4.07. The van der Waals surface area contributed by atoms with Gasteiger partial charge < -0.3 is 4.90 Å². The normalized spacial score (nSPS) is 21.4. The maximum absolute atomic E-state index is 11.0. The first-order valence-corrected chi connectivity index (χ1v) is 7.27. The monoisotopic (exact) mass is 207 g/mol. The van der Waals surface area contributed by atoms with E-state index in [0.717, 1.165) is 24.6 Å². The zero-order valence-corrected chi connectivity index (χ0v) is 9.25. The number of thioether (sulfide) groups is 1. The van der Waals surface area contributed by atoms with E-state index < -0.39 is 10.8 Å². The molecule has 0 radical (unpaired) electrons. The van der Waals surface area contributed by atoms with Crippen molar-refractivity contribution < 1.29 is 4.21 Å². The highest BCUT2D eigenvalue weighted by atomic mass is 32.2. The highest BCUT2D eigenvalue weighted by molar-refractivity contribution is 7.98. The van der Waals surface area contributed by atoms with E-state index in [4.69, 9.17) is 0 Å². The summed E-state index contributed by atoms with van der Waals surface area (Å²) in [6.07, 6.45) is 3.42. The molecule has 0 saturated carbocycles. The van der Waals surface area contributed by atoms with Gasteiger partial charge in [0.25, 0.3) is 0 Å². The Bertz CT molecular complexity index is 142. The molecule has 0 amide bonds. The predicted octanol–water partition coefficient (Wildman–Crippen LogP) is 0.804. The molecule has 0 aliphatic carbocycles. The van der Waals surface area contributed by atoms with Crippen LogP contribution < -0.4 is 0 Å². The Morgan fingerprint density at radius 2 is 2.08 bits per heavy atom. The van der Waals surface area contributed by atoms with E-state index >= 15 is 0 Å². The van der Waals surface area contributed by atoms with Gasteiger partial charge in [0.05, 0.1) is 0 Å².